The van der Waals surface area contributed by atoms with E-state index >= 15 is 0 Å². The number of hydrogen-bond acceptors (Lipinski definition) is 2. The van der Waals surface area contributed by atoms with E-state index in [4.69, 9.17) is 4.74 Å². The quantitative estimate of drug-likeness (QED) is 0.756. The van der Waals surface area contributed by atoms with Crippen LogP contribution < -0.4 is 4.90 Å². The molecule has 0 fully saturated rings. The second-order valence-corrected chi connectivity index (χ2v) is 3.50. The highest BCUT2D eigenvalue weighted by molar-refractivity contribution is 6.07. The summed E-state index contributed by atoms with van der Waals surface area (Å²) in [5.41, 5.74) is 1.55. The van der Waals surface area contributed by atoms with E-state index < -0.39 is 0 Å². The first-order chi connectivity index (χ1) is 7.79. The number of carbonyl (C=O) groups is 1. The number of para-hydroxylation sites is 1. The third kappa shape index (κ3) is 2.14. The molecule has 1 aliphatic rings. The predicted molar refractivity (Wildman–Crippen MR) is 63.0 cm³/mol. The molecule has 0 atom stereocenters. The number of amides is 1. The van der Waals surface area contributed by atoms with Crippen molar-refractivity contribution in [3.63, 3.8) is 0 Å². The summed E-state index contributed by atoms with van der Waals surface area (Å²) in [6, 6.07) is 9.55. The van der Waals surface area contributed by atoms with Gasteiger partial charge in [0.25, 0.3) is 5.91 Å². The molecule has 0 radical (unpaired) electrons. The van der Waals surface area contributed by atoms with Crippen LogP contribution in [0.1, 0.15) is 0 Å². The zero-order chi connectivity index (χ0) is 11.4. The summed E-state index contributed by atoms with van der Waals surface area (Å²) in [5, 5.41) is 0. The van der Waals surface area contributed by atoms with Crippen molar-refractivity contribution in [3.8, 4) is 0 Å². The molecule has 0 spiro atoms. The van der Waals surface area contributed by atoms with Crippen molar-refractivity contribution in [2.75, 3.05) is 18.6 Å². The monoisotopic (exact) mass is 215 g/mol. The van der Waals surface area contributed by atoms with Gasteiger partial charge < -0.3 is 9.64 Å². The summed E-state index contributed by atoms with van der Waals surface area (Å²) < 4.78 is 5.01. The van der Waals surface area contributed by atoms with E-state index in [1.165, 1.54) is 0 Å². The van der Waals surface area contributed by atoms with Crippen LogP contribution in [0.2, 0.25) is 0 Å². The second-order valence-electron chi connectivity index (χ2n) is 3.50. The SMILES string of the molecule is CN(C(=O)C1=CCOC=C1)c1ccccc1. The summed E-state index contributed by atoms with van der Waals surface area (Å²) in [6.45, 7) is 0.459. The first-order valence-corrected chi connectivity index (χ1v) is 5.10. The standard InChI is InChI=1S/C13H13NO2/c1-14(12-5-3-2-4-6-12)13(15)11-7-9-16-10-8-11/h2-9H,10H2,1H3. The summed E-state index contributed by atoms with van der Waals surface area (Å²) in [5.74, 6) is -0.0225. The molecule has 3 nitrogen and oxygen atoms in total. The maximum atomic E-state index is 12.0. The Bertz CT molecular complexity index is 435. The Balaban J connectivity index is 2.16. The van der Waals surface area contributed by atoms with Crippen molar-refractivity contribution in [2.45, 2.75) is 0 Å². The van der Waals surface area contributed by atoms with E-state index in [0.717, 1.165) is 5.69 Å². The van der Waals surface area contributed by atoms with Crippen molar-refractivity contribution < 1.29 is 9.53 Å². The molecule has 1 aliphatic heterocycles. The number of hydrogen-bond donors (Lipinski definition) is 0. The third-order valence-electron chi connectivity index (χ3n) is 2.44. The second kappa shape index (κ2) is 4.66. The number of rotatable bonds is 2. The molecule has 0 aromatic heterocycles. The lowest BCUT2D eigenvalue weighted by Crippen LogP contribution is -2.27. The van der Waals surface area contributed by atoms with E-state index in [0.29, 0.717) is 12.2 Å². The smallest absolute Gasteiger partial charge is 0.257 e. The molecule has 0 bridgehead atoms. The van der Waals surface area contributed by atoms with Crippen molar-refractivity contribution in [2.24, 2.45) is 0 Å². The largest absolute Gasteiger partial charge is 0.497 e. The Morgan fingerprint density at radius 1 is 1.31 bits per heavy atom. The van der Waals surface area contributed by atoms with Crippen molar-refractivity contribution in [1.29, 1.82) is 0 Å². The van der Waals surface area contributed by atoms with Crippen LogP contribution in [0.3, 0.4) is 0 Å². The van der Waals surface area contributed by atoms with Crippen LogP contribution in [-0.2, 0) is 9.53 Å². The van der Waals surface area contributed by atoms with Gasteiger partial charge in [-0.1, -0.05) is 18.2 Å². The molecule has 0 aliphatic carbocycles. The molecule has 3 heteroatoms. The first kappa shape index (κ1) is 10.5. The Labute approximate surface area is 94.6 Å². The van der Waals surface area contributed by atoms with Gasteiger partial charge in [0, 0.05) is 18.3 Å². The molecule has 1 aromatic carbocycles. The number of nitrogens with zero attached hydrogens (tertiary/aromatic N) is 1. The fourth-order valence-corrected chi connectivity index (χ4v) is 1.50. The molecule has 2 rings (SSSR count). The minimum atomic E-state index is -0.0225. The van der Waals surface area contributed by atoms with E-state index in [1.54, 1.807) is 30.4 Å². The van der Waals surface area contributed by atoms with Crippen LogP contribution >= 0.6 is 0 Å². The average molecular weight is 215 g/mol. The van der Waals surface area contributed by atoms with Gasteiger partial charge >= 0.3 is 0 Å². The molecule has 0 N–H and O–H groups in total. The Kier molecular flexibility index (Phi) is 3.05. The molecular formula is C13H13NO2. The Morgan fingerprint density at radius 3 is 2.69 bits per heavy atom. The highest BCUT2D eigenvalue weighted by Gasteiger charge is 2.14. The van der Waals surface area contributed by atoms with Crippen molar-refractivity contribution in [1.82, 2.24) is 0 Å². The van der Waals surface area contributed by atoms with Gasteiger partial charge in [-0.2, -0.15) is 0 Å². The molecule has 0 saturated heterocycles. The summed E-state index contributed by atoms with van der Waals surface area (Å²) in [7, 11) is 1.77. The maximum absolute atomic E-state index is 12.0. The van der Waals surface area contributed by atoms with Crippen molar-refractivity contribution in [3.05, 3.63) is 54.3 Å². The zero-order valence-corrected chi connectivity index (χ0v) is 9.09. The lowest BCUT2D eigenvalue weighted by atomic mass is 10.2. The van der Waals surface area contributed by atoms with Crippen LogP contribution in [0.25, 0.3) is 0 Å². The molecule has 82 valence electrons. The lowest BCUT2D eigenvalue weighted by Gasteiger charge is -2.18. The number of ether oxygens (including phenoxy) is 1. The fourth-order valence-electron chi connectivity index (χ4n) is 1.50. The number of anilines is 1. The van der Waals surface area contributed by atoms with Crippen LogP contribution in [0.5, 0.6) is 0 Å². The normalized spacial score (nSPS) is 13.9. The molecular weight excluding hydrogens is 202 g/mol. The number of carbonyl (C=O) groups excluding carboxylic acids is 1. The van der Waals surface area contributed by atoms with Crippen LogP contribution in [0.4, 0.5) is 5.69 Å². The highest BCUT2D eigenvalue weighted by atomic mass is 16.5. The summed E-state index contributed by atoms with van der Waals surface area (Å²) in [4.78, 5) is 13.7. The highest BCUT2D eigenvalue weighted by Crippen LogP contribution is 2.15. The minimum Gasteiger partial charge on any atom is -0.497 e. The number of benzene rings is 1. The van der Waals surface area contributed by atoms with Gasteiger partial charge in [-0.3, -0.25) is 4.79 Å². The van der Waals surface area contributed by atoms with Gasteiger partial charge in [-0.25, -0.2) is 0 Å². The third-order valence-corrected chi connectivity index (χ3v) is 2.44. The van der Waals surface area contributed by atoms with Crippen molar-refractivity contribution >= 4 is 11.6 Å². The molecule has 1 aromatic rings. The van der Waals surface area contributed by atoms with Crippen LogP contribution in [0, 0.1) is 0 Å². The zero-order valence-electron chi connectivity index (χ0n) is 9.09. The van der Waals surface area contributed by atoms with E-state index in [9.17, 15) is 4.79 Å². The molecule has 1 amide bonds. The van der Waals surface area contributed by atoms with E-state index in [2.05, 4.69) is 0 Å². The lowest BCUT2D eigenvalue weighted by molar-refractivity contribution is -0.114. The Morgan fingerprint density at radius 2 is 2.06 bits per heavy atom. The van der Waals surface area contributed by atoms with Gasteiger partial charge in [-0.15, -0.1) is 0 Å². The van der Waals surface area contributed by atoms with Gasteiger partial charge in [-0.05, 0) is 24.3 Å². The molecule has 0 saturated carbocycles. The minimum absolute atomic E-state index is 0.0225. The molecule has 16 heavy (non-hydrogen) atoms. The average Bonchev–Trinajstić information content (AvgIpc) is 2.39. The summed E-state index contributed by atoms with van der Waals surface area (Å²) >= 11 is 0. The fraction of sp³-hybridized carbons (Fsp3) is 0.154. The topological polar surface area (TPSA) is 29.5 Å². The van der Waals surface area contributed by atoms with Gasteiger partial charge in [0.2, 0.25) is 0 Å². The first-order valence-electron chi connectivity index (χ1n) is 5.10. The van der Waals surface area contributed by atoms with E-state index in [1.807, 2.05) is 30.3 Å². The molecule has 0 unspecified atom stereocenters. The molecule has 1 heterocycles. The van der Waals surface area contributed by atoms with Gasteiger partial charge in [0.15, 0.2) is 0 Å². The van der Waals surface area contributed by atoms with Gasteiger partial charge in [0.05, 0.1) is 6.26 Å². The van der Waals surface area contributed by atoms with Gasteiger partial charge in [0.1, 0.15) is 6.61 Å². The summed E-state index contributed by atoms with van der Waals surface area (Å²) in [6.07, 6.45) is 5.01. The number of likely N-dealkylation sites (N-methyl/N-ethyl adjacent to an activating group) is 1. The predicted octanol–water partition coefficient (Wildman–Crippen LogP) is 2.12. The Hall–Kier alpha value is -2.03. The van der Waals surface area contributed by atoms with Crippen LogP contribution in [0.15, 0.2) is 54.3 Å². The maximum Gasteiger partial charge on any atom is 0.257 e. The van der Waals surface area contributed by atoms with Crippen LogP contribution in [-0.4, -0.2) is 19.6 Å². The van der Waals surface area contributed by atoms with E-state index in [-0.39, 0.29) is 5.91 Å².